The van der Waals surface area contributed by atoms with Crippen LogP contribution < -0.4 is 5.73 Å². The van der Waals surface area contributed by atoms with Crippen LogP contribution in [0.1, 0.15) is 16.2 Å². The summed E-state index contributed by atoms with van der Waals surface area (Å²) < 4.78 is 15.0. The Kier molecular flexibility index (Phi) is 3.47. The summed E-state index contributed by atoms with van der Waals surface area (Å²) in [6.45, 7) is 1.77. The molecule has 1 heterocycles. The fourth-order valence-corrected chi connectivity index (χ4v) is 2.42. The molecule has 0 unspecified atom stereocenters. The van der Waals surface area contributed by atoms with E-state index in [1.165, 1.54) is 12.1 Å². The van der Waals surface area contributed by atoms with Crippen LogP contribution in [0.4, 0.5) is 4.39 Å². The minimum atomic E-state index is -0.587. The van der Waals surface area contributed by atoms with Gasteiger partial charge in [-0.25, -0.2) is 9.37 Å². The summed E-state index contributed by atoms with van der Waals surface area (Å²) in [6, 6.07) is 15.5. The average Bonchev–Trinajstić information content (AvgIpc) is 2.87. The summed E-state index contributed by atoms with van der Waals surface area (Å²) in [5, 5.41) is 0. The Morgan fingerprint density at radius 2 is 1.73 bits per heavy atom. The Hall–Kier alpha value is -2.95. The molecule has 0 saturated heterocycles. The molecule has 2 aromatic carbocycles. The molecule has 0 aliphatic heterocycles. The number of carbonyl (C=O) groups is 1. The monoisotopic (exact) mass is 295 g/mol. The maximum Gasteiger partial charge on any atom is 0.269 e. The lowest BCUT2D eigenvalue weighted by Gasteiger charge is -2.10. The lowest BCUT2D eigenvalue weighted by atomic mass is 10.2. The molecule has 1 amide bonds. The van der Waals surface area contributed by atoms with Crippen molar-refractivity contribution in [2.45, 2.75) is 6.92 Å². The molecule has 110 valence electrons. The number of nitrogens with zero attached hydrogens (tertiary/aromatic N) is 2. The van der Waals surface area contributed by atoms with E-state index < -0.39 is 5.91 Å². The van der Waals surface area contributed by atoms with Crippen molar-refractivity contribution in [3.8, 4) is 17.1 Å². The third-order valence-corrected chi connectivity index (χ3v) is 3.46. The number of aromatic nitrogens is 2. The van der Waals surface area contributed by atoms with E-state index in [4.69, 9.17) is 5.73 Å². The third kappa shape index (κ3) is 2.37. The molecule has 0 bridgehead atoms. The third-order valence-electron chi connectivity index (χ3n) is 3.46. The van der Waals surface area contributed by atoms with Gasteiger partial charge in [0.25, 0.3) is 5.91 Å². The number of rotatable bonds is 3. The molecule has 0 spiro atoms. The fourth-order valence-electron chi connectivity index (χ4n) is 2.42. The molecule has 0 radical (unpaired) electrons. The van der Waals surface area contributed by atoms with E-state index in [0.717, 1.165) is 11.3 Å². The van der Waals surface area contributed by atoms with Crippen LogP contribution in [0.2, 0.25) is 0 Å². The van der Waals surface area contributed by atoms with Crippen LogP contribution in [0.5, 0.6) is 0 Å². The predicted molar refractivity (Wildman–Crippen MR) is 82.2 cm³/mol. The van der Waals surface area contributed by atoms with Crippen LogP contribution in [0.25, 0.3) is 17.1 Å². The Balaban J connectivity index is 2.27. The zero-order valence-electron chi connectivity index (χ0n) is 12.0. The summed E-state index contributed by atoms with van der Waals surface area (Å²) in [5.41, 5.74) is 7.81. The first kappa shape index (κ1) is 14.0. The molecular formula is C17H14FN3O. The second-order valence-electron chi connectivity index (χ2n) is 4.91. The van der Waals surface area contributed by atoms with Crippen molar-refractivity contribution < 1.29 is 9.18 Å². The number of benzene rings is 2. The van der Waals surface area contributed by atoms with E-state index >= 15 is 0 Å². The lowest BCUT2D eigenvalue weighted by Crippen LogP contribution is -2.13. The predicted octanol–water partition coefficient (Wildman–Crippen LogP) is 3.09. The minimum Gasteiger partial charge on any atom is -0.364 e. The van der Waals surface area contributed by atoms with E-state index in [1.807, 2.05) is 30.3 Å². The number of nitrogens with two attached hydrogens (primary N) is 1. The SMILES string of the molecule is Cc1c(C(N)=O)nc(-c2ccccc2)n1-c1ccc(F)cc1. The Morgan fingerprint density at radius 1 is 1.09 bits per heavy atom. The van der Waals surface area contributed by atoms with Gasteiger partial charge >= 0.3 is 0 Å². The summed E-state index contributed by atoms with van der Waals surface area (Å²) in [7, 11) is 0. The maximum atomic E-state index is 13.2. The van der Waals surface area contributed by atoms with Crippen LogP contribution in [0.3, 0.4) is 0 Å². The molecule has 0 fully saturated rings. The Bertz CT molecular complexity index is 823. The topological polar surface area (TPSA) is 60.9 Å². The number of halogens is 1. The highest BCUT2D eigenvalue weighted by atomic mass is 19.1. The van der Waals surface area contributed by atoms with Crippen LogP contribution >= 0.6 is 0 Å². The molecule has 3 aromatic rings. The maximum absolute atomic E-state index is 13.2. The zero-order valence-corrected chi connectivity index (χ0v) is 12.0. The normalized spacial score (nSPS) is 10.6. The van der Waals surface area contributed by atoms with Gasteiger partial charge in [-0.05, 0) is 31.2 Å². The quantitative estimate of drug-likeness (QED) is 0.807. The molecule has 0 atom stereocenters. The largest absolute Gasteiger partial charge is 0.364 e. The Morgan fingerprint density at radius 3 is 2.32 bits per heavy atom. The summed E-state index contributed by atoms with van der Waals surface area (Å²) in [4.78, 5) is 16.0. The van der Waals surface area contributed by atoms with Gasteiger partial charge in [0.15, 0.2) is 0 Å². The van der Waals surface area contributed by atoms with E-state index in [9.17, 15) is 9.18 Å². The molecule has 4 nitrogen and oxygen atoms in total. The zero-order chi connectivity index (χ0) is 15.7. The average molecular weight is 295 g/mol. The number of imidazole rings is 1. The summed E-state index contributed by atoms with van der Waals surface area (Å²) in [6.07, 6.45) is 0. The first-order valence-corrected chi connectivity index (χ1v) is 6.78. The van der Waals surface area contributed by atoms with E-state index in [-0.39, 0.29) is 11.5 Å². The van der Waals surface area contributed by atoms with Crippen molar-refractivity contribution in [1.29, 1.82) is 0 Å². The van der Waals surface area contributed by atoms with Crippen LogP contribution in [0, 0.1) is 12.7 Å². The molecule has 0 aliphatic rings. The van der Waals surface area contributed by atoms with Gasteiger partial charge in [0, 0.05) is 11.3 Å². The standard InChI is InChI=1S/C17H14FN3O/c1-11-15(16(19)22)20-17(12-5-3-2-4-6-12)21(11)14-9-7-13(18)8-10-14/h2-10H,1H3,(H2,19,22). The van der Waals surface area contributed by atoms with Crippen molar-refractivity contribution in [3.63, 3.8) is 0 Å². The van der Waals surface area contributed by atoms with Crippen molar-refractivity contribution in [2.75, 3.05) is 0 Å². The minimum absolute atomic E-state index is 0.211. The Labute approximate surface area is 127 Å². The van der Waals surface area contributed by atoms with E-state index in [0.29, 0.717) is 11.5 Å². The van der Waals surface area contributed by atoms with Crippen LogP contribution in [-0.4, -0.2) is 15.5 Å². The highest BCUT2D eigenvalue weighted by Crippen LogP contribution is 2.26. The second kappa shape index (κ2) is 5.44. The number of primary amides is 1. The van der Waals surface area contributed by atoms with Gasteiger partial charge in [-0.3, -0.25) is 9.36 Å². The fraction of sp³-hybridized carbons (Fsp3) is 0.0588. The molecule has 0 aliphatic carbocycles. The van der Waals surface area contributed by atoms with Gasteiger partial charge in [-0.15, -0.1) is 0 Å². The van der Waals surface area contributed by atoms with Crippen molar-refractivity contribution in [2.24, 2.45) is 5.73 Å². The van der Waals surface area contributed by atoms with E-state index in [1.54, 1.807) is 23.6 Å². The lowest BCUT2D eigenvalue weighted by molar-refractivity contribution is 0.0995. The van der Waals surface area contributed by atoms with Crippen LogP contribution in [0.15, 0.2) is 54.6 Å². The number of carbonyl (C=O) groups excluding carboxylic acids is 1. The van der Waals surface area contributed by atoms with Gasteiger partial charge < -0.3 is 5.73 Å². The number of hydrogen-bond acceptors (Lipinski definition) is 2. The molecule has 2 N–H and O–H groups in total. The smallest absolute Gasteiger partial charge is 0.269 e. The molecule has 22 heavy (non-hydrogen) atoms. The van der Waals surface area contributed by atoms with Crippen molar-refractivity contribution in [3.05, 3.63) is 71.8 Å². The summed E-state index contributed by atoms with van der Waals surface area (Å²) in [5.74, 6) is -0.313. The van der Waals surface area contributed by atoms with Gasteiger partial charge in [0.05, 0.1) is 5.69 Å². The summed E-state index contributed by atoms with van der Waals surface area (Å²) >= 11 is 0. The van der Waals surface area contributed by atoms with Gasteiger partial charge in [0.2, 0.25) is 0 Å². The van der Waals surface area contributed by atoms with Gasteiger partial charge in [-0.2, -0.15) is 0 Å². The molecular weight excluding hydrogens is 281 g/mol. The van der Waals surface area contributed by atoms with E-state index in [2.05, 4.69) is 4.98 Å². The highest BCUT2D eigenvalue weighted by Gasteiger charge is 2.19. The molecule has 1 aromatic heterocycles. The van der Waals surface area contributed by atoms with Gasteiger partial charge in [0.1, 0.15) is 17.3 Å². The van der Waals surface area contributed by atoms with Crippen LogP contribution in [-0.2, 0) is 0 Å². The molecule has 5 heteroatoms. The number of hydrogen-bond donors (Lipinski definition) is 1. The highest BCUT2D eigenvalue weighted by molar-refractivity contribution is 5.93. The number of amides is 1. The second-order valence-corrected chi connectivity index (χ2v) is 4.91. The van der Waals surface area contributed by atoms with Crippen molar-refractivity contribution in [1.82, 2.24) is 9.55 Å². The van der Waals surface area contributed by atoms with Gasteiger partial charge in [-0.1, -0.05) is 30.3 Å². The first-order valence-electron chi connectivity index (χ1n) is 6.78. The van der Waals surface area contributed by atoms with Crippen molar-refractivity contribution >= 4 is 5.91 Å². The molecule has 0 saturated carbocycles. The molecule has 3 rings (SSSR count). The first-order chi connectivity index (χ1) is 10.6.